The van der Waals surface area contributed by atoms with Crippen molar-refractivity contribution in [2.45, 2.75) is 64.8 Å². The highest BCUT2D eigenvalue weighted by molar-refractivity contribution is 5.87. The second kappa shape index (κ2) is 12.2. The average Bonchev–Trinajstić information content (AvgIpc) is 2.52. The molecule has 0 saturated heterocycles. The van der Waals surface area contributed by atoms with Crippen LogP contribution >= 0.6 is 0 Å². The molecule has 1 aromatic carbocycles. The van der Waals surface area contributed by atoms with Crippen molar-refractivity contribution in [2.75, 3.05) is 0 Å². The van der Waals surface area contributed by atoms with Crippen molar-refractivity contribution in [3.63, 3.8) is 0 Å². The van der Waals surface area contributed by atoms with Crippen LogP contribution in [0, 0.1) is 0 Å². The van der Waals surface area contributed by atoms with Crippen LogP contribution in [0.5, 0.6) is 0 Å². The fourth-order valence-corrected chi connectivity index (χ4v) is 2.25. The minimum absolute atomic E-state index is 0.00167. The Morgan fingerprint density at radius 2 is 1.67 bits per heavy atom. The Kier molecular flexibility index (Phi) is 10.1. The summed E-state index contributed by atoms with van der Waals surface area (Å²) in [4.78, 5) is 11.6. The molecule has 0 spiro atoms. The molecule has 21 heavy (non-hydrogen) atoms. The number of carbonyl (C=O) groups is 1. The van der Waals surface area contributed by atoms with Crippen molar-refractivity contribution in [1.82, 2.24) is 5.32 Å². The maximum absolute atomic E-state index is 11.6. The van der Waals surface area contributed by atoms with Gasteiger partial charge in [-0.15, -0.1) is 0 Å². The van der Waals surface area contributed by atoms with Crippen LogP contribution in [-0.4, -0.2) is 5.91 Å². The van der Waals surface area contributed by atoms with Gasteiger partial charge in [0.1, 0.15) is 0 Å². The van der Waals surface area contributed by atoms with Crippen LogP contribution in [0.1, 0.15) is 63.9 Å². The van der Waals surface area contributed by atoms with E-state index in [9.17, 15) is 4.79 Å². The first-order chi connectivity index (χ1) is 10.3. The first-order valence-electron chi connectivity index (χ1n) is 8.31. The molecule has 2 nitrogen and oxygen atoms in total. The number of benzene rings is 1. The van der Waals surface area contributed by atoms with Gasteiger partial charge in [-0.25, -0.2) is 0 Å². The van der Waals surface area contributed by atoms with E-state index in [-0.39, 0.29) is 5.91 Å². The van der Waals surface area contributed by atoms with Gasteiger partial charge in [-0.05, 0) is 24.5 Å². The molecule has 0 aliphatic rings. The van der Waals surface area contributed by atoms with Crippen LogP contribution in [0.3, 0.4) is 0 Å². The monoisotopic (exact) mass is 287 g/mol. The minimum Gasteiger partial charge on any atom is -0.348 e. The number of allylic oxidation sites excluding steroid dienone is 1. The fraction of sp³-hybridized carbons (Fsp3) is 0.526. The lowest BCUT2D eigenvalue weighted by Crippen LogP contribution is -2.20. The molecule has 0 radical (unpaired) electrons. The van der Waals surface area contributed by atoms with Gasteiger partial charge in [0.15, 0.2) is 0 Å². The topological polar surface area (TPSA) is 29.1 Å². The summed E-state index contributed by atoms with van der Waals surface area (Å²) >= 11 is 0. The molecule has 1 amide bonds. The SMILES string of the molecule is CCCCCCCCC/C=C/C(=O)NCc1ccccc1. The highest BCUT2D eigenvalue weighted by Crippen LogP contribution is 2.08. The van der Waals surface area contributed by atoms with Crippen LogP contribution in [0.15, 0.2) is 42.5 Å². The van der Waals surface area contributed by atoms with Crippen LogP contribution in [-0.2, 0) is 11.3 Å². The summed E-state index contributed by atoms with van der Waals surface area (Å²) in [5.41, 5.74) is 1.13. The lowest BCUT2D eigenvalue weighted by molar-refractivity contribution is -0.116. The van der Waals surface area contributed by atoms with Gasteiger partial charge < -0.3 is 5.32 Å². The number of nitrogens with one attached hydrogen (secondary N) is 1. The van der Waals surface area contributed by atoms with Gasteiger partial charge in [-0.3, -0.25) is 4.79 Å². The lowest BCUT2D eigenvalue weighted by atomic mass is 10.1. The van der Waals surface area contributed by atoms with Gasteiger partial charge in [-0.2, -0.15) is 0 Å². The second-order valence-electron chi connectivity index (χ2n) is 5.52. The number of unbranched alkanes of at least 4 members (excludes halogenated alkanes) is 7. The Bertz CT molecular complexity index is 397. The molecule has 0 saturated carbocycles. The molecule has 1 rings (SSSR count). The maximum atomic E-state index is 11.6. The number of hydrogen-bond donors (Lipinski definition) is 1. The van der Waals surface area contributed by atoms with E-state index in [1.54, 1.807) is 6.08 Å². The Morgan fingerprint density at radius 1 is 1.00 bits per heavy atom. The number of hydrogen-bond acceptors (Lipinski definition) is 1. The maximum Gasteiger partial charge on any atom is 0.243 e. The molecular weight excluding hydrogens is 258 g/mol. The molecule has 0 unspecified atom stereocenters. The smallest absolute Gasteiger partial charge is 0.243 e. The molecule has 0 heterocycles. The Morgan fingerprint density at radius 3 is 2.38 bits per heavy atom. The van der Waals surface area contributed by atoms with Crippen molar-refractivity contribution < 1.29 is 4.79 Å². The highest BCUT2D eigenvalue weighted by atomic mass is 16.1. The molecule has 1 aromatic rings. The van der Waals surface area contributed by atoms with E-state index in [0.29, 0.717) is 6.54 Å². The van der Waals surface area contributed by atoms with Crippen molar-refractivity contribution in [3.05, 3.63) is 48.0 Å². The minimum atomic E-state index is 0.00167. The third-order valence-corrected chi connectivity index (χ3v) is 3.55. The third kappa shape index (κ3) is 9.89. The number of carbonyl (C=O) groups excluding carboxylic acids is 1. The number of rotatable bonds is 11. The van der Waals surface area contributed by atoms with Crippen LogP contribution < -0.4 is 5.32 Å². The lowest BCUT2D eigenvalue weighted by Gasteiger charge is -2.02. The standard InChI is InChI=1S/C19H29NO/c1-2-3-4-5-6-7-8-9-13-16-19(21)20-17-18-14-11-10-12-15-18/h10-16H,2-9,17H2,1H3,(H,20,21)/b16-13+. The summed E-state index contributed by atoms with van der Waals surface area (Å²) in [6, 6.07) is 9.98. The zero-order valence-corrected chi connectivity index (χ0v) is 13.3. The Labute approximate surface area is 129 Å². The highest BCUT2D eigenvalue weighted by Gasteiger charge is 1.95. The van der Waals surface area contributed by atoms with Crippen LogP contribution in [0.2, 0.25) is 0 Å². The zero-order chi connectivity index (χ0) is 15.2. The second-order valence-corrected chi connectivity index (χ2v) is 5.52. The first kappa shape index (κ1) is 17.5. The van der Waals surface area contributed by atoms with Crippen molar-refractivity contribution in [2.24, 2.45) is 0 Å². The Hall–Kier alpha value is -1.57. The molecule has 116 valence electrons. The van der Waals surface area contributed by atoms with Gasteiger partial charge in [0.25, 0.3) is 0 Å². The summed E-state index contributed by atoms with van der Waals surface area (Å²) in [6.45, 7) is 2.84. The molecule has 2 heteroatoms. The summed E-state index contributed by atoms with van der Waals surface area (Å²) in [7, 11) is 0. The van der Waals surface area contributed by atoms with E-state index < -0.39 is 0 Å². The van der Waals surface area contributed by atoms with E-state index in [4.69, 9.17) is 0 Å². The van der Waals surface area contributed by atoms with E-state index in [2.05, 4.69) is 12.2 Å². The van der Waals surface area contributed by atoms with Crippen molar-refractivity contribution in [1.29, 1.82) is 0 Å². The molecule has 0 fully saturated rings. The van der Waals surface area contributed by atoms with Crippen molar-refractivity contribution >= 4 is 5.91 Å². The quantitative estimate of drug-likeness (QED) is 0.450. The summed E-state index contributed by atoms with van der Waals surface area (Å²) in [6.07, 6.45) is 13.9. The van der Waals surface area contributed by atoms with Crippen LogP contribution in [0.4, 0.5) is 0 Å². The first-order valence-corrected chi connectivity index (χ1v) is 8.31. The summed E-state index contributed by atoms with van der Waals surface area (Å²) < 4.78 is 0. The molecule has 0 atom stereocenters. The largest absolute Gasteiger partial charge is 0.348 e. The van der Waals surface area contributed by atoms with Crippen molar-refractivity contribution in [3.8, 4) is 0 Å². The number of amides is 1. The van der Waals surface area contributed by atoms with Gasteiger partial charge in [0, 0.05) is 6.54 Å². The zero-order valence-electron chi connectivity index (χ0n) is 13.3. The normalized spacial score (nSPS) is 10.9. The van der Waals surface area contributed by atoms with Gasteiger partial charge >= 0.3 is 0 Å². The van der Waals surface area contributed by atoms with E-state index in [1.165, 1.54) is 44.9 Å². The van der Waals surface area contributed by atoms with Gasteiger partial charge in [0.05, 0.1) is 0 Å². The predicted molar refractivity (Wildman–Crippen MR) is 90.0 cm³/mol. The molecule has 0 aliphatic carbocycles. The van der Waals surface area contributed by atoms with Gasteiger partial charge in [-0.1, -0.05) is 81.9 Å². The summed E-state index contributed by atoms with van der Waals surface area (Å²) in [5, 5.41) is 2.90. The van der Waals surface area contributed by atoms with E-state index in [1.807, 2.05) is 36.4 Å². The van der Waals surface area contributed by atoms with Gasteiger partial charge in [0.2, 0.25) is 5.91 Å². The predicted octanol–water partition coefficient (Wildman–Crippen LogP) is 5.00. The molecule has 0 bridgehead atoms. The average molecular weight is 287 g/mol. The fourth-order valence-electron chi connectivity index (χ4n) is 2.25. The van der Waals surface area contributed by atoms with Crippen LogP contribution in [0.25, 0.3) is 0 Å². The molecule has 1 N–H and O–H groups in total. The van der Waals surface area contributed by atoms with E-state index >= 15 is 0 Å². The molecule has 0 aliphatic heterocycles. The molecule has 0 aromatic heterocycles. The summed E-state index contributed by atoms with van der Waals surface area (Å²) in [5.74, 6) is 0.00167. The Balaban J connectivity index is 1.99. The van der Waals surface area contributed by atoms with E-state index in [0.717, 1.165) is 12.0 Å². The third-order valence-electron chi connectivity index (χ3n) is 3.55. The molecular formula is C19H29NO.